The van der Waals surface area contributed by atoms with Crippen LogP contribution in [0.2, 0.25) is 0 Å². The van der Waals surface area contributed by atoms with Gasteiger partial charge in [-0.25, -0.2) is 0 Å². The molecule has 0 aliphatic carbocycles. The van der Waals surface area contributed by atoms with Crippen molar-refractivity contribution in [3.8, 4) is 0 Å². The van der Waals surface area contributed by atoms with Gasteiger partial charge in [0.1, 0.15) is 0 Å². The third-order valence-electron chi connectivity index (χ3n) is 1.86. The van der Waals surface area contributed by atoms with Gasteiger partial charge in [0.2, 0.25) is 0 Å². The molecule has 0 aromatic heterocycles. The van der Waals surface area contributed by atoms with E-state index in [1.165, 1.54) is 0 Å². The number of piperazine rings is 1. The zero-order valence-corrected chi connectivity index (χ0v) is 7.80. The summed E-state index contributed by atoms with van der Waals surface area (Å²) < 4.78 is 0. The van der Waals surface area contributed by atoms with E-state index in [9.17, 15) is 0 Å². The van der Waals surface area contributed by atoms with E-state index in [-0.39, 0.29) is 6.61 Å². The molecule has 1 rings (SSSR count). The second-order valence-electron chi connectivity index (χ2n) is 2.52. The second-order valence-corrected chi connectivity index (χ2v) is 2.52. The summed E-state index contributed by atoms with van der Waals surface area (Å²) in [5.41, 5.74) is 0. The lowest BCUT2D eigenvalue weighted by atomic mass is 10.2. The molecule has 11 heavy (non-hydrogen) atoms. The molecule has 1 saturated heterocycles. The highest BCUT2D eigenvalue weighted by molar-refractivity contribution is 4.75. The fourth-order valence-electron chi connectivity index (χ4n) is 1.07. The van der Waals surface area contributed by atoms with E-state index in [1.807, 2.05) is 20.9 Å². The number of hydrogen-bond acceptors (Lipinski definition) is 3. The molecule has 1 aliphatic heterocycles. The highest BCUT2D eigenvalue weighted by Gasteiger charge is 2.16. The van der Waals surface area contributed by atoms with Crippen LogP contribution in [0, 0.1) is 0 Å². The third-order valence-corrected chi connectivity index (χ3v) is 1.86. The van der Waals surface area contributed by atoms with E-state index < -0.39 is 0 Å². The van der Waals surface area contributed by atoms with Crippen LogP contribution in [0.3, 0.4) is 0 Å². The van der Waals surface area contributed by atoms with Gasteiger partial charge in [-0.05, 0) is 7.05 Å². The first-order valence-electron chi connectivity index (χ1n) is 4.36. The Morgan fingerprint density at radius 2 is 2.18 bits per heavy atom. The zero-order valence-electron chi connectivity index (χ0n) is 7.80. The van der Waals surface area contributed by atoms with Gasteiger partial charge in [-0.2, -0.15) is 0 Å². The maximum Gasteiger partial charge on any atom is 0.0599 e. The Labute approximate surface area is 69.4 Å². The molecule has 1 unspecified atom stereocenters. The van der Waals surface area contributed by atoms with Gasteiger partial charge in [-0.1, -0.05) is 13.8 Å². The van der Waals surface area contributed by atoms with E-state index >= 15 is 0 Å². The van der Waals surface area contributed by atoms with E-state index in [1.54, 1.807) is 0 Å². The minimum absolute atomic E-state index is 0.267. The average Bonchev–Trinajstić information content (AvgIpc) is 2.09. The van der Waals surface area contributed by atoms with Crippen LogP contribution in [0.1, 0.15) is 13.8 Å². The number of likely N-dealkylation sites (N-methyl/N-ethyl adjacent to an activating group) is 1. The topological polar surface area (TPSA) is 35.5 Å². The molecular weight excluding hydrogens is 140 g/mol. The van der Waals surface area contributed by atoms with Gasteiger partial charge in [0, 0.05) is 25.7 Å². The molecule has 1 fully saturated rings. The van der Waals surface area contributed by atoms with E-state index in [2.05, 4.69) is 10.2 Å². The number of rotatable bonds is 1. The maximum atomic E-state index is 8.78. The molecule has 1 aliphatic rings. The first-order valence-corrected chi connectivity index (χ1v) is 4.36. The summed E-state index contributed by atoms with van der Waals surface area (Å²) in [6, 6.07) is 0.332. The van der Waals surface area contributed by atoms with Gasteiger partial charge in [-0.3, -0.25) is 4.90 Å². The van der Waals surface area contributed by atoms with Crippen LogP contribution in [-0.4, -0.2) is 49.3 Å². The smallest absolute Gasteiger partial charge is 0.0599 e. The SMILES string of the molecule is CC.CN1CCNCC1CO. The number of nitrogens with one attached hydrogen (secondary N) is 1. The minimum atomic E-state index is 0.267. The van der Waals surface area contributed by atoms with Gasteiger partial charge >= 0.3 is 0 Å². The molecule has 3 nitrogen and oxygen atoms in total. The molecule has 3 heteroatoms. The normalized spacial score (nSPS) is 25.6. The zero-order chi connectivity index (χ0) is 8.69. The number of hydrogen-bond donors (Lipinski definition) is 2. The fraction of sp³-hybridized carbons (Fsp3) is 1.00. The van der Waals surface area contributed by atoms with Crippen LogP contribution < -0.4 is 5.32 Å². The molecular formula is C8H20N2O. The van der Waals surface area contributed by atoms with Gasteiger partial charge in [0.15, 0.2) is 0 Å². The number of nitrogens with zero attached hydrogens (tertiary/aromatic N) is 1. The Kier molecular flexibility index (Phi) is 6.51. The lowest BCUT2D eigenvalue weighted by Gasteiger charge is -2.31. The van der Waals surface area contributed by atoms with Gasteiger partial charge in [-0.15, -0.1) is 0 Å². The van der Waals surface area contributed by atoms with Crippen molar-refractivity contribution >= 4 is 0 Å². The molecule has 1 heterocycles. The van der Waals surface area contributed by atoms with Crippen LogP contribution >= 0.6 is 0 Å². The third kappa shape index (κ3) is 3.70. The maximum absolute atomic E-state index is 8.78. The summed E-state index contributed by atoms with van der Waals surface area (Å²) in [5, 5.41) is 12.0. The highest BCUT2D eigenvalue weighted by Crippen LogP contribution is 1.96. The predicted octanol–water partition coefficient (Wildman–Crippen LogP) is -0.0915. The van der Waals surface area contributed by atoms with Crippen molar-refractivity contribution in [3.05, 3.63) is 0 Å². The standard InChI is InChI=1S/C6H14N2O.C2H6/c1-8-3-2-7-4-6(8)5-9;1-2/h6-7,9H,2-5H2,1H3;1-2H3. The number of aliphatic hydroxyl groups excluding tert-OH is 1. The first kappa shape index (κ1) is 10.9. The van der Waals surface area contributed by atoms with E-state index in [0.29, 0.717) is 6.04 Å². The molecule has 68 valence electrons. The second kappa shape index (κ2) is 6.58. The molecule has 0 spiro atoms. The minimum Gasteiger partial charge on any atom is -0.395 e. The first-order chi connectivity index (χ1) is 5.34. The molecule has 0 saturated carbocycles. The summed E-state index contributed by atoms with van der Waals surface area (Å²) >= 11 is 0. The summed E-state index contributed by atoms with van der Waals surface area (Å²) in [6.45, 7) is 7.29. The van der Waals surface area contributed by atoms with E-state index in [4.69, 9.17) is 5.11 Å². The fourth-order valence-corrected chi connectivity index (χ4v) is 1.07. The van der Waals surface area contributed by atoms with Crippen LogP contribution in [0.4, 0.5) is 0 Å². The van der Waals surface area contributed by atoms with Gasteiger partial charge in [0.25, 0.3) is 0 Å². The summed E-state index contributed by atoms with van der Waals surface area (Å²) in [7, 11) is 2.04. The van der Waals surface area contributed by atoms with Crippen molar-refractivity contribution in [1.29, 1.82) is 0 Å². The Balaban J connectivity index is 0.000000461. The Morgan fingerprint density at radius 1 is 1.55 bits per heavy atom. The Hall–Kier alpha value is -0.120. The molecule has 0 amide bonds. The monoisotopic (exact) mass is 160 g/mol. The molecule has 0 radical (unpaired) electrons. The number of aliphatic hydroxyl groups is 1. The lowest BCUT2D eigenvalue weighted by Crippen LogP contribution is -2.50. The van der Waals surface area contributed by atoms with Crippen molar-refractivity contribution in [2.45, 2.75) is 19.9 Å². The predicted molar refractivity (Wildman–Crippen MR) is 47.7 cm³/mol. The largest absolute Gasteiger partial charge is 0.395 e. The van der Waals surface area contributed by atoms with Gasteiger partial charge in [0.05, 0.1) is 6.61 Å². The molecule has 1 atom stereocenters. The Bertz CT molecular complexity index is 88.2. The highest BCUT2D eigenvalue weighted by atomic mass is 16.3. The van der Waals surface area contributed by atoms with Crippen molar-refractivity contribution < 1.29 is 5.11 Å². The van der Waals surface area contributed by atoms with Crippen molar-refractivity contribution in [2.75, 3.05) is 33.3 Å². The lowest BCUT2D eigenvalue weighted by molar-refractivity contribution is 0.124. The van der Waals surface area contributed by atoms with Crippen molar-refractivity contribution in [3.63, 3.8) is 0 Å². The van der Waals surface area contributed by atoms with Crippen LogP contribution in [0.25, 0.3) is 0 Å². The summed E-state index contributed by atoms with van der Waals surface area (Å²) in [6.07, 6.45) is 0. The molecule has 0 bridgehead atoms. The van der Waals surface area contributed by atoms with Crippen LogP contribution in [0.5, 0.6) is 0 Å². The molecule has 0 aromatic rings. The van der Waals surface area contributed by atoms with E-state index in [0.717, 1.165) is 19.6 Å². The Morgan fingerprint density at radius 3 is 2.55 bits per heavy atom. The molecule has 2 N–H and O–H groups in total. The van der Waals surface area contributed by atoms with Crippen LogP contribution in [0.15, 0.2) is 0 Å². The summed E-state index contributed by atoms with van der Waals surface area (Å²) in [4.78, 5) is 2.18. The van der Waals surface area contributed by atoms with Crippen molar-refractivity contribution in [2.24, 2.45) is 0 Å². The van der Waals surface area contributed by atoms with Crippen molar-refractivity contribution in [1.82, 2.24) is 10.2 Å². The molecule has 0 aromatic carbocycles. The van der Waals surface area contributed by atoms with Crippen LogP contribution in [-0.2, 0) is 0 Å². The quantitative estimate of drug-likeness (QED) is 0.562. The van der Waals surface area contributed by atoms with Gasteiger partial charge < -0.3 is 10.4 Å². The summed E-state index contributed by atoms with van der Waals surface area (Å²) in [5.74, 6) is 0. The average molecular weight is 160 g/mol.